The fraction of sp³-hybridized carbons (Fsp3) is 0.176. The molecule has 0 aromatic heterocycles. The van der Waals surface area contributed by atoms with Crippen LogP contribution in [0.25, 0.3) is 34.4 Å². The van der Waals surface area contributed by atoms with Gasteiger partial charge in [0.25, 0.3) is 0 Å². The monoisotopic (exact) mass is 557 g/mol. The normalized spacial score (nSPS) is 18.8. The van der Waals surface area contributed by atoms with Crippen LogP contribution in [-0.4, -0.2) is 5.92 Å². The van der Waals surface area contributed by atoms with Gasteiger partial charge in [-0.05, 0) is 0 Å². The summed E-state index contributed by atoms with van der Waals surface area (Å²) in [5, 5.41) is 0. The number of rotatable bonds is 6. The Bertz CT molecular complexity index is 1350. The Balaban J connectivity index is 1.24. The van der Waals surface area contributed by atoms with Gasteiger partial charge >= 0.3 is 232 Å². The molecule has 0 amide bonds. The van der Waals surface area contributed by atoms with Crippen LogP contribution >= 0.6 is 0 Å². The third-order valence-corrected chi connectivity index (χ3v) is 13.6. The predicted molar refractivity (Wildman–Crippen MR) is 153 cm³/mol. The van der Waals surface area contributed by atoms with Crippen molar-refractivity contribution in [1.29, 1.82) is 0 Å². The summed E-state index contributed by atoms with van der Waals surface area (Å²) in [6, 6.07) is 38.4. The van der Waals surface area contributed by atoms with Gasteiger partial charge in [0.2, 0.25) is 0 Å². The maximum atomic E-state index is 2.47. The third-order valence-electron chi connectivity index (χ3n) is 8.08. The van der Waals surface area contributed by atoms with Crippen molar-refractivity contribution in [2.75, 3.05) is 0 Å². The Labute approximate surface area is 231 Å². The molecule has 175 valence electrons. The molecule has 6 rings (SSSR count). The first-order valence-corrected chi connectivity index (χ1v) is 19.5. The van der Waals surface area contributed by atoms with Crippen LogP contribution in [-0.2, 0) is 23.9 Å². The molecule has 2 aliphatic carbocycles. The van der Waals surface area contributed by atoms with Gasteiger partial charge in [-0.2, -0.15) is 0 Å². The molecule has 2 aliphatic rings. The number of hydrogen-bond donors (Lipinski definition) is 0. The van der Waals surface area contributed by atoms with Crippen molar-refractivity contribution >= 4 is 18.1 Å². The summed E-state index contributed by atoms with van der Waals surface area (Å²) in [5.41, 5.74) is 14.6. The topological polar surface area (TPSA) is 0 Å². The molecular weight excluding hydrogens is 528 g/mol. The van der Waals surface area contributed by atoms with Crippen molar-refractivity contribution in [2.24, 2.45) is 0 Å². The van der Waals surface area contributed by atoms with E-state index in [0.29, 0.717) is 11.8 Å². The molecule has 0 nitrogen and oxygen atoms in total. The third kappa shape index (κ3) is 4.40. The van der Waals surface area contributed by atoms with Crippen LogP contribution in [0.1, 0.15) is 47.9 Å². The van der Waals surface area contributed by atoms with Crippen LogP contribution in [0.5, 0.6) is 0 Å². The number of hydrogen-bond acceptors (Lipinski definition) is 0. The van der Waals surface area contributed by atoms with E-state index in [0.717, 1.165) is 0 Å². The minimum absolute atomic E-state index is 0.598. The van der Waals surface area contributed by atoms with Crippen molar-refractivity contribution in [2.45, 2.75) is 37.8 Å². The summed E-state index contributed by atoms with van der Waals surface area (Å²) in [4.78, 5) is 0. The molecule has 0 aliphatic heterocycles. The summed E-state index contributed by atoms with van der Waals surface area (Å²) in [6.07, 6.45) is 4.95. The van der Waals surface area contributed by atoms with E-state index in [1.165, 1.54) is 45.5 Å². The summed E-state index contributed by atoms with van der Waals surface area (Å²) in [6.45, 7) is 4.72. The Morgan fingerprint density at radius 3 is 1.39 bits per heavy atom. The Morgan fingerprint density at radius 2 is 0.972 bits per heavy atom. The van der Waals surface area contributed by atoms with Crippen LogP contribution in [0.3, 0.4) is 0 Å². The fourth-order valence-corrected chi connectivity index (χ4v) is 12.3. The van der Waals surface area contributed by atoms with Crippen molar-refractivity contribution < 1.29 is 23.9 Å². The molecule has 0 radical (unpaired) electrons. The first-order valence-electron chi connectivity index (χ1n) is 13.0. The maximum absolute atomic E-state index is 2.47. The van der Waals surface area contributed by atoms with E-state index in [2.05, 4.69) is 123 Å². The van der Waals surface area contributed by atoms with Gasteiger partial charge in [0, 0.05) is 0 Å². The van der Waals surface area contributed by atoms with Gasteiger partial charge < -0.3 is 0 Å². The fourth-order valence-electron chi connectivity index (χ4n) is 6.27. The zero-order chi connectivity index (χ0) is 24.6. The van der Waals surface area contributed by atoms with Crippen LogP contribution in [0.4, 0.5) is 0 Å². The molecule has 4 aromatic carbocycles. The van der Waals surface area contributed by atoms with E-state index in [1.807, 2.05) is 0 Å². The van der Waals surface area contributed by atoms with E-state index in [4.69, 9.17) is 0 Å². The van der Waals surface area contributed by atoms with Gasteiger partial charge in [-0.1, -0.05) is 0 Å². The van der Waals surface area contributed by atoms with Gasteiger partial charge in [-0.25, -0.2) is 0 Å². The predicted octanol–water partition coefficient (Wildman–Crippen LogP) is 8.99. The second kappa shape index (κ2) is 10.1. The first-order chi connectivity index (χ1) is 17.6. The molecular formula is C34H31SiZr. The van der Waals surface area contributed by atoms with Crippen LogP contribution in [0, 0.1) is 0 Å². The molecule has 0 N–H and O–H groups in total. The van der Waals surface area contributed by atoms with Crippen LogP contribution in [0.2, 0.25) is 12.1 Å². The number of benzene rings is 4. The SMILES string of the molecule is CC1=Cc2c(-c3ccccc3)cccc2C1C[SiH]([Zr])CC1C(C)=Cc2c(-c3ccccc3)cccc21. The number of allylic oxidation sites excluding steroid dienone is 2. The quantitative estimate of drug-likeness (QED) is 0.207. The molecule has 2 heteroatoms. The van der Waals surface area contributed by atoms with Crippen molar-refractivity contribution in [1.82, 2.24) is 0 Å². The van der Waals surface area contributed by atoms with Crippen LogP contribution < -0.4 is 0 Å². The first kappa shape index (κ1) is 23.8. The van der Waals surface area contributed by atoms with Crippen LogP contribution in [0.15, 0.2) is 108 Å². The zero-order valence-corrected chi connectivity index (χ0v) is 24.7. The van der Waals surface area contributed by atoms with Crippen molar-refractivity contribution in [3.8, 4) is 22.3 Å². The standard InChI is InChI=1S/C34H31Si.Zr/c1-23-19-31-27(25-11-5-3-6-12-25)15-9-17-29(31)33(23)21-35-22-34-24(2)20-32-28(16-10-18-30(32)34)26-13-7-4-8-14-26;/h3-20,33-35H,21-22H2,1-2H3;. The molecule has 0 saturated carbocycles. The Hall–Kier alpha value is -2.54. The second-order valence-electron chi connectivity index (χ2n) is 10.4. The van der Waals surface area contributed by atoms with E-state index < -0.39 is 5.92 Å². The van der Waals surface area contributed by atoms with E-state index in [-0.39, 0.29) is 0 Å². The summed E-state index contributed by atoms with van der Waals surface area (Å²) in [5.74, 6) is 0.322. The number of fused-ring (bicyclic) bond motifs is 2. The Morgan fingerprint density at radius 1 is 0.556 bits per heavy atom. The zero-order valence-electron chi connectivity index (χ0n) is 21.0. The van der Waals surface area contributed by atoms with Crippen molar-refractivity contribution in [3.63, 3.8) is 0 Å². The Kier molecular flexibility index (Phi) is 6.67. The van der Waals surface area contributed by atoms with Gasteiger partial charge in [0.15, 0.2) is 0 Å². The molecule has 0 saturated heterocycles. The summed E-state index contributed by atoms with van der Waals surface area (Å²) in [7, 11) is 0. The van der Waals surface area contributed by atoms with Gasteiger partial charge in [0.1, 0.15) is 0 Å². The molecule has 2 unspecified atom stereocenters. The average molecular weight is 559 g/mol. The molecule has 2 atom stereocenters. The van der Waals surface area contributed by atoms with Crippen molar-refractivity contribution in [3.05, 3.63) is 130 Å². The molecule has 0 bridgehead atoms. The van der Waals surface area contributed by atoms with Gasteiger partial charge in [-0.15, -0.1) is 0 Å². The van der Waals surface area contributed by atoms with Gasteiger partial charge in [-0.3, -0.25) is 0 Å². The molecule has 0 fully saturated rings. The van der Waals surface area contributed by atoms with E-state index in [9.17, 15) is 0 Å². The minimum atomic E-state index is -0.874. The van der Waals surface area contributed by atoms with Gasteiger partial charge in [0.05, 0.1) is 0 Å². The average Bonchev–Trinajstić information content (AvgIpc) is 3.40. The summed E-state index contributed by atoms with van der Waals surface area (Å²) >= 11 is 1.79. The molecule has 0 spiro atoms. The molecule has 0 heterocycles. The van der Waals surface area contributed by atoms with E-state index >= 15 is 0 Å². The molecule has 36 heavy (non-hydrogen) atoms. The summed E-state index contributed by atoms with van der Waals surface area (Å²) < 4.78 is 0. The van der Waals surface area contributed by atoms with E-state index in [1.54, 1.807) is 46.2 Å². The molecule has 4 aromatic rings. The second-order valence-corrected chi connectivity index (χ2v) is 18.8.